The van der Waals surface area contributed by atoms with E-state index in [0.717, 1.165) is 24.7 Å². The minimum absolute atomic E-state index is 0.404. The molecule has 0 N–H and O–H groups in total. The van der Waals surface area contributed by atoms with Gasteiger partial charge in [-0.25, -0.2) is 0 Å². The Morgan fingerprint density at radius 3 is 2.00 bits per heavy atom. The van der Waals surface area contributed by atoms with Crippen molar-refractivity contribution in [1.82, 2.24) is 0 Å². The van der Waals surface area contributed by atoms with Crippen molar-refractivity contribution in [3.63, 3.8) is 0 Å². The maximum Gasteiger partial charge on any atom is 0.0275 e. The third-order valence-electron chi connectivity index (χ3n) is 8.07. The van der Waals surface area contributed by atoms with Crippen molar-refractivity contribution in [2.45, 2.75) is 121 Å². The van der Waals surface area contributed by atoms with Crippen LogP contribution < -0.4 is 0 Å². The fraction of sp³-hybridized carbons (Fsp3) is 0.632. The standard InChI is InChI=1S/C38H62/c1-12-17-38(37(11)28-25-33(7)21-20-30(4)13-2)29-26-34(8)23-22-31(5)18-15-16-19-32(6)24-27-36(10)35(9)14-3/h14,19,21,23-25,27-28,30-31,35-38H,3,12-13,16-17,20,22,26,29H2,1-2,4-11H3/b27-24+,28-25+,32-19+,33-21+,34-23+. The van der Waals surface area contributed by atoms with E-state index in [1.54, 1.807) is 0 Å². The first-order chi connectivity index (χ1) is 18.0. The number of rotatable bonds is 18. The van der Waals surface area contributed by atoms with Crippen molar-refractivity contribution in [3.8, 4) is 11.8 Å². The van der Waals surface area contributed by atoms with E-state index < -0.39 is 0 Å². The second kappa shape index (κ2) is 21.9. The molecular formula is C38H62. The molecule has 0 heteroatoms. The number of allylic oxidation sites excluding steroid dienone is 11. The summed E-state index contributed by atoms with van der Waals surface area (Å²) in [6, 6.07) is 0. The van der Waals surface area contributed by atoms with E-state index in [9.17, 15) is 0 Å². The van der Waals surface area contributed by atoms with Gasteiger partial charge in [0.2, 0.25) is 0 Å². The summed E-state index contributed by atoms with van der Waals surface area (Å²) in [5, 5.41) is 0. The highest BCUT2D eigenvalue weighted by atomic mass is 14.2. The molecule has 214 valence electrons. The molecule has 0 aromatic carbocycles. The van der Waals surface area contributed by atoms with Gasteiger partial charge in [0.25, 0.3) is 0 Å². The molecule has 0 rings (SSSR count). The van der Waals surface area contributed by atoms with E-state index in [1.807, 2.05) is 6.08 Å². The highest BCUT2D eigenvalue weighted by Crippen LogP contribution is 2.26. The van der Waals surface area contributed by atoms with Gasteiger partial charge in [-0.1, -0.05) is 145 Å². The van der Waals surface area contributed by atoms with Crippen LogP contribution in [0.2, 0.25) is 0 Å². The van der Waals surface area contributed by atoms with E-state index in [-0.39, 0.29) is 0 Å². The molecule has 0 saturated heterocycles. The van der Waals surface area contributed by atoms with Gasteiger partial charge in [0, 0.05) is 12.3 Å². The Bertz CT molecular complexity index is 846. The summed E-state index contributed by atoms with van der Waals surface area (Å²) in [7, 11) is 0. The Labute approximate surface area is 239 Å². The molecule has 0 aliphatic rings. The molecule has 6 atom stereocenters. The number of hydrogen-bond acceptors (Lipinski definition) is 0. The van der Waals surface area contributed by atoms with Crippen LogP contribution in [0.3, 0.4) is 0 Å². The Hall–Kier alpha value is -2.00. The van der Waals surface area contributed by atoms with Crippen LogP contribution in [-0.4, -0.2) is 0 Å². The lowest BCUT2D eigenvalue weighted by Gasteiger charge is -2.21. The van der Waals surface area contributed by atoms with Gasteiger partial charge in [0.1, 0.15) is 0 Å². The summed E-state index contributed by atoms with van der Waals surface area (Å²) >= 11 is 0. The Morgan fingerprint density at radius 2 is 1.39 bits per heavy atom. The maximum atomic E-state index is 3.89. The van der Waals surface area contributed by atoms with Gasteiger partial charge < -0.3 is 0 Å². The fourth-order valence-electron chi connectivity index (χ4n) is 4.28. The van der Waals surface area contributed by atoms with E-state index in [0.29, 0.717) is 23.7 Å². The van der Waals surface area contributed by atoms with Gasteiger partial charge in [-0.05, 0) is 76.0 Å². The van der Waals surface area contributed by atoms with Gasteiger partial charge >= 0.3 is 0 Å². The summed E-state index contributed by atoms with van der Waals surface area (Å²) in [6.07, 6.45) is 27.8. The zero-order valence-corrected chi connectivity index (χ0v) is 26.9. The first-order valence-electron chi connectivity index (χ1n) is 15.5. The predicted molar refractivity (Wildman–Crippen MR) is 175 cm³/mol. The summed E-state index contributed by atoms with van der Waals surface area (Å²) in [4.78, 5) is 0. The first-order valence-corrected chi connectivity index (χ1v) is 15.5. The van der Waals surface area contributed by atoms with Crippen molar-refractivity contribution < 1.29 is 0 Å². The molecule has 0 bridgehead atoms. The molecule has 0 heterocycles. The van der Waals surface area contributed by atoms with Gasteiger partial charge in [-0.3, -0.25) is 0 Å². The minimum Gasteiger partial charge on any atom is -0.103 e. The predicted octanol–water partition coefficient (Wildman–Crippen LogP) is 12.1. The van der Waals surface area contributed by atoms with Gasteiger partial charge in [0.15, 0.2) is 0 Å². The Kier molecular flexibility index (Phi) is 20.7. The SMILES string of the molecule is C=CC(C)C(C)/C=C/C(C)=C/CC#CC(C)C/C=C(\C)CCC(CCC)C(C)/C=C/C(C)=C/CC(C)CC. The van der Waals surface area contributed by atoms with Gasteiger partial charge in [-0.2, -0.15) is 0 Å². The van der Waals surface area contributed by atoms with Crippen LogP contribution >= 0.6 is 0 Å². The normalized spacial score (nSPS) is 18.1. The summed E-state index contributed by atoms with van der Waals surface area (Å²) < 4.78 is 0. The topological polar surface area (TPSA) is 0 Å². The zero-order valence-electron chi connectivity index (χ0n) is 26.9. The van der Waals surface area contributed by atoms with Crippen LogP contribution in [0.5, 0.6) is 0 Å². The van der Waals surface area contributed by atoms with Crippen LogP contribution in [0.1, 0.15) is 121 Å². The highest BCUT2D eigenvalue weighted by Gasteiger charge is 2.14. The molecule has 6 unspecified atom stereocenters. The van der Waals surface area contributed by atoms with Gasteiger partial charge in [-0.15, -0.1) is 6.58 Å². The summed E-state index contributed by atoms with van der Waals surface area (Å²) in [5.74, 6) is 10.4. The second-order valence-corrected chi connectivity index (χ2v) is 12.0. The largest absolute Gasteiger partial charge is 0.103 e. The molecule has 0 aromatic heterocycles. The van der Waals surface area contributed by atoms with Crippen LogP contribution in [0.15, 0.2) is 71.9 Å². The molecule has 0 radical (unpaired) electrons. The van der Waals surface area contributed by atoms with Crippen molar-refractivity contribution in [3.05, 3.63) is 71.9 Å². The molecule has 0 aliphatic heterocycles. The van der Waals surface area contributed by atoms with Crippen LogP contribution in [0, 0.1) is 47.3 Å². The van der Waals surface area contributed by atoms with Crippen molar-refractivity contribution in [1.29, 1.82) is 0 Å². The lowest BCUT2D eigenvalue weighted by atomic mass is 9.84. The molecule has 0 nitrogen and oxygen atoms in total. The zero-order chi connectivity index (χ0) is 28.9. The third-order valence-corrected chi connectivity index (χ3v) is 8.07. The third kappa shape index (κ3) is 18.3. The van der Waals surface area contributed by atoms with Gasteiger partial charge in [0.05, 0.1) is 0 Å². The molecule has 0 amide bonds. The second-order valence-electron chi connectivity index (χ2n) is 12.0. The molecule has 0 aromatic rings. The van der Waals surface area contributed by atoms with Crippen LogP contribution in [0.25, 0.3) is 0 Å². The van der Waals surface area contributed by atoms with Crippen molar-refractivity contribution in [2.24, 2.45) is 35.5 Å². The Balaban J connectivity index is 4.71. The average Bonchev–Trinajstić information content (AvgIpc) is 2.91. The van der Waals surface area contributed by atoms with Crippen LogP contribution in [-0.2, 0) is 0 Å². The minimum atomic E-state index is 0.404. The average molecular weight is 519 g/mol. The molecule has 0 fully saturated rings. The monoisotopic (exact) mass is 518 g/mol. The van der Waals surface area contributed by atoms with E-state index in [1.165, 1.54) is 55.2 Å². The number of hydrogen-bond donors (Lipinski definition) is 0. The highest BCUT2D eigenvalue weighted by molar-refractivity contribution is 5.20. The first kappa shape index (κ1) is 36.0. The molecule has 0 spiro atoms. The van der Waals surface area contributed by atoms with Crippen LogP contribution in [0.4, 0.5) is 0 Å². The Morgan fingerprint density at radius 1 is 0.763 bits per heavy atom. The smallest absolute Gasteiger partial charge is 0.0275 e. The van der Waals surface area contributed by atoms with E-state index >= 15 is 0 Å². The van der Waals surface area contributed by atoms with Crippen molar-refractivity contribution in [2.75, 3.05) is 0 Å². The molecule has 0 aliphatic carbocycles. The summed E-state index contributed by atoms with van der Waals surface area (Å²) in [6.45, 7) is 26.6. The maximum absolute atomic E-state index is 3.89. The lowest BCUT2D eigenvalue weighted by molar-refractivity contribution is 0.362. The van der Waals surface area contributed by atoms with E-state index in [4.69, 9.17) is 0 Å². The lowest BCUT2D eigenvalue weighted by Crippen LogP contribution is -2.10. The van der Waals surface area contributed by atoms with Crippen molar-refractivity contribution >= 4 is 0 Å². The molecule has 0 saturated carbocycles. The quantitative estimate of drug-likeness (QED) is 0.0961. The molecular weight excluding hydrogens is 456 g/mol. The molecule has 38 heavy (non-hydrogen) atoms. The van der Waals surface area contributed by atoms with E-state index in [2.05, 4.69) is 130 Å². The fourth-order valence-corrected chi connectivity index (χ4v) is 4.28. The summed E-state index contributed by atoms with van der Waals surface area (Å²) in [5.41, 5.74) is 4.21.